The highest BCUT2D eigenvalue weighted by Crippen LogP contribution is 2.22. The van der Waals surface area contributed by atoms with Crippen LogP contribution in [-0.4, -0.2) is 29.3 Å². The number of anilines is 1. The van der Waals surface area contributed by atoms with Crippen LogP contribution < -0.4 is 10.6 Å². The van der Waals surface area contributed by atoms with E-state index >= 15 is 0 Å². The molecule has 1 atom stereocenters. The maximum absolute atomic E-state index is 5.98. The van der Waals surface area contributed by atoms with Gasteiger partial charge in [0.1, 0.15) is 11.5 Å². The van der Waals surface area contributed by atoms with Crippen LogP contribution in [0.4, 0.5) is 5.82 Å². The molecule has 100 valence electrons. The van der Waals surface area contributed by atoms with Crippen molar-refractivity contribution < 1.29 is 4.42 Å². The van der Waals surface area contributed by atoms with E-state index in [0.717, 1.165) is 49.0 Å². The molecule has 0 amide bonds. The number of nitrogens with zero attached hydrogens (tertiary/aromatic N) is 3. The van der Waals surface area contributed by atoms with E-state index in [4.69, 9.17) is 10.2 Å². The van der Waals surface area contributed by atoms with Gasteiger partial charge in [0.2, 0.25) is 0 Å². The summed E-state index contributed by atoms with van der Waals surface area (Å²) in [5, 5.41) is 8.52. The zero-order chi connectivity index (χ0) is 13.2. The lowest BCUT2D eigenvalue weighted by molar-refractivity contribution is 0.501. The van der Waals surface area contributed by atoms with E-state index < -0.39 is 0 Å². The average molecular weight is 258 g/mol. The third-order valence-corrected chi connectivity index (χ3v) is 3.43. The van der Waals surface area contributed by atoms with Crippen molar-refractivity contribution in [3.05, 3.63) is 30.0 Å². The second kappa shape index (κ2) is 5.01. The largest absolute Gasteiger partial charge is 0.460 e. The monoisotopic (exact) mass is 258 g/mol. The fraction of sp³-hybridized carbons (Fsp3) is 0.429. The molecular weight excluding hydrogens is 240 g/mol. The maximum atomic E-state index is 5.98. The van der Waals surface area contributed by atoms with Gasteiger partial charge in [-0.2, -0.15) is 0 Å². The van der Waals surface area contributed by atoms with Crippen molar-refractivity contribution in [3.63, 3.8) is 0 Å². The molecule has 5 heteroatoms. The summed E-state index contributed by atoms with van der Waals surface area (Å²) in [7, 11) is 0. The summed E-state index contributed by atoms with van der Waals surface area (Å²) >= 11 is 0. The van der Waals surface area contributed by atoms with E-state index in [1.54, 1.807) is 0 Å². The minimum absolute atomic E-state index is 0.239. The van der Waals surface area contributed by atoms with E-state index in [-0.39, 0.29) is 6.04 Å². The molecule has 19 heavy (non-hydrogen) atoms. The van der Waals surface area contributed by atoms with Crippen molar-refractivity contribution in [1.82, 2.24) is 10.2 Å². The molecule has 1 unspecified atom stereocenters. The molecule has 1 aliphatic heterocycles. The van der Waals surface area contributed by atoms with Gasteiger partial charge in [-0.05, 0) is 44.0 Å². The molecule has 5 nitrogen and oxygen atoms in total. The molecule has 2 N–H and O–H groups in total. The number of nitrogens with two attached hydrogens (primary N) is 1. The second-order valence-electron chi connectivity index (χ2n) is 5.04. The first-order valence-electron chi connectivity index (χ1n) is 6.63. The van der Waals surface area contributed by atoms with Crippen LogP contribution in [0.3, 0.4) is 0 Å². The Morgan fingerprint density at radius 3 is 2.79 bits per heavy atom. The molecule has 2 aromatic rings. The molecule has 0 radical (unpaired) electrons. The summed E-state index contributed by atoms with van der Waals surface area (Å²) in [4.78, 5) is 2.19. The molecule has 0 spiro atoms. The fourth-order valence-electron chi connectivity index (χ4n) is 2.42. The van der Waals surface area contributed by atoms with Crippen LogP contribution >= 0.6 is 0 Å². The van der Waals surface area contributed by atoms with Gasteiger partial charge < -0.3 is 15.1 Å². The Morgan fingerprint density at radius 1 is 1.26 bits per heavy atom. The predicted octanol–water partition coefficient (Wildman–Crippen LogP) is 1.97. The van der Waals surface area contributed by atoms with Gasteiger partial charge in [-0.15, -0.1) is 10.2 Å². The zero-order valence-electron chi connectivity index (χ0n) is 11.0. The van der Waals surface area contributed by atoms with Gasteiger partial charge in [0.25, 0.3) is 0 Å². The minimum atomic E-state index is 0.239. The van der Waals surface area contributed by atoms with Gasteiger partial charge in [-0.1, -0.05) is 0 Å². The van der Waals surface area contributed by atoms with Gasteiger partial charge >= 0.3 is 0 Å². The number of piperidine rings is 1. The lowest BCUT2D eigenvalue weighted by atomic mass is 10.1. The molecule has 0 bridgehead atoms. The second-order valence-corrected chi connectivity index (χ2v) is 5.04. The number of aromatic nitrogens is 2. The lowest BCUT2D eigenvalue weighted by Crippen LogP contribution is -2.43. The van der Waals surface area contributed by atoms with E-state index in [2.05, 4.69) is 15.1 Å². The van der Waals surface area contributed by atoms with Gasteiger partial charge in [0, 0.05) is 19.1 Å². The molecule has 0 saturated carbocycles. The first-order chi connectivity index (χ1) is 9.22. The summed E-state index contributed by atoms with van der Waals surface area (Å²) in [5.74, 6) is 2.52. The van der Waals surface area contributed by atoms with Crippen LogP contribution in [0.15, 0.2) is 28.7 Å². The Labute approximate surface area is 112 Å². The summed E-state index contributed by atoms with van der Waals surface area (Å²) in [6.07, 6.45) is 2.20. The van der Waals surface area contributed by atoms with Gasteiger partial charge in [0.15, 0.2) is 11.6 Å². The van der Waals surface area contributed by atoms with E-state index in [1.807, 2.05) is 31.2 Å². The van der Waals surface area contributed by atoms with Crippen LogP contribution in [0.1, 0.15) is 18.6 Å². The zero-order valence-corrected chi connectivity index (χ0v) is 11.0. The molecular formula is C14H18N4O. The van der Waals surface area contributed by atoms with E-state index in [0.29, 0.717) is 0 Å². The lowest BCUT2D eigenvalue weighted by Gasteiger charge is -2.31. The number of rotatable bonds is 2. The van der Waals surface area contributed by atoms with Gasteiger partial charge in [-0.3, -0.25) is 0 Å². The third-order valence-electron chi connectivity index (χ3n) is 3.43. The molecule has 3 rings (SSSR count). The van der Waals surface area contributed by atoms with Crippen LogP contribution in [0.5, 0.6) is 0 Å². The van der Waals surface area contributed by atoms with Gasteiger partial charge in [0.05, 0.1) is 0 Å². The average Bonchev–Trinajstić information content (AvgIpc) is 2.86. The molecule has 0 aliphatic carbocycles. The molecule has 0 aromatic carbocycles. The third kappa shape index (κ3) is 2.61. The summed E-state index contributed by atoms with van der Waals surface area (Å²) in [5.41, 5.74) is 6.74. The van der Waals surface area contributed by atoms with Crippen LogP contribution in [0, 0.1) is 6.92 Å². The molecule has 1 saturated heterocycles. The van der Waals surface area contributed by atoms with E-state index in [9.17, 15) is 0 Å². The summed E-state index contributed by atoms with van der Waals surface area (Å²) < 4.78 is 5.54. The highest BCUT2D eigenvalue weighted by Gasteiger charge is 2.18. The van der Waals surface area contributed by atoms with Crippen molar-refractivity contribution in [1.29, 1.82) is 0 Å². The molecule has 3 heterocycles. The number of aryl methyl sites for hydroxylation is 1. The highest BCUT2D eigenvalue weighted by atomic mass is 16.3. The highest BCUT2D eigenvalue weighted by molar-refractivity contribution is 5.53. The molecule has 2 aromatic heterocycles. The summed E-state index contributed by atoms with van der Waals surface area (Å²) in [6, 6.07) is 8.01. The Kier molecular flexibility index (Phi) is 3.21. The molecule has 1 aliphatic rings. The van der Waals surface area contributed by atoms with Crippen LogP contribution in [0.2, 0.25) is 0 Å². The maximum Gasteiger partial charge on any atom is 0.154 e. The number of hydrogen-bond donors (Lipinski definition) is 1. The molecule has 1 fully saturated rings. The van der Waals surface area contributed by atoms with Crippen molar-refractivity contribution in [3.8, 4) is 11.5 Å². The normalized spacial score (nSPS) is 19.7. The SMILES string of the molecule is Cc1ccc(-c2ccc(N3CCCC(N)C3)nn2)o1. The van der Waals surface area contributed by atoms with E-state index in [1.165, 1.54) is 0 Å². The topological polar surface area (TPSA) is 68.2 Å². The Bertz CT molecular complexity index is 549. The first-order valence-corrected chi connectivity index (χ1v) is 6.63. The Hall–Kier alpha value is -1.88. The smallest absolute Gasteiger partial charge is 0.154 e. The first kappa shape index (κ1) is 12.2. The minimum Gasteiger partial charge on any atom is -0.460 e. The fourth-order valence-corrected chi connectivity index (χ4v) is 2.42. The summed E-state index contributed by atoms with van der Waals surface area (Å²) in [6.45, 7) is 3.77. The van der Waals surface area contributed by atoms with Gasteiger partial charge in [-0.25, -0.2) is 0 Å². The van der Waals surface area contributed by atoms with Crippen molar-refractivity contribution in [2.45, 2.75) is 25.8 Å². The number of furan rings is 1. The quantitative estimate of drug-likeness (QED) is 0.892. The van der Waals surface area contributed by atoms with Crippen LogP contribution in [0.25, 0.3) is 11.5 Å². The Morgan fingerprint density at radius 2 is 2.16 bits per heavy atom. The number of hydrogen-bond acceptors (Lipinski definition) is 5. The van der Waals surface area contributed by atoms with Crippen molar-refractivity contribution >= 4 is 5.82 Å². The standard InChI is InChI=1S/C14H18N4O/c1-10-4-6-13(19-10)12-5-7-14(17-16-12)18-8-2-3-11(15)9-18/h4-7,11H,2-3,8-9,15H2,1H3. The van der Waals surface area contributed by atoms with Crippen LogP contribution in [-0.2, 0) is 0 Å². The van der Waals surface area contributed by atoms with Crippen molar-refractivity contribution in [2.75, 3.05) is 18.0 Å². The van der Waals surface area contributed by atoms with Crippen molar-refractivity contribution in [2.24, 2.45) is 5.73 Å². The predicted molar refractivity (Wildman–Crippen MR) is 73.9 cm³/mol. The Balaban J connectivity index is 1.78.